The van der Waals surface area contributed by atoms with Crippen molar-refractivity contribution in [3.63, 3.8) is 0 Å². The van der Waals surface area contributed by atoms with Gasteiger partial charge >= 0.3 is 0 Å². The second-order valence-electron chi connectivity index (χ2n) is 6.33. The van der Waals surface area contributed by atoms with Crippen LogP contribution >= 0.6 is 24.0 Å². The smallest absolute Gasteiger partial charge is 0.246 e. The minimum Gasteiger partial charge on any atom is -0.347 e. The Labute approximate surface area is 170 Å². The molecule has 1 N–H and O–H groups in total. The van der Waals surface area contributed by atoms with Crippen molar-refractivity contribution < 1.29 is 9.59 Å². The minimum absolute atomic E-state index is 0. The van der Waals surface area contributed by atoms with Crippen LogP contribution < -0.4 is 10.2 Å². The van der Waals surface area contributed by atoms with Crippen molar-refractivity contribution in [3.05, 3.63) is 12.4 Å². The molecule has 0 atom stereocenters. The quantitative estimate of drug-likeness (QED) is 0.375. The van der Waals surface area contributed by atoms with Crippen molar-refractivity contribution in [2.45, 2.75) is 12.8 Å². The largest absolute Gasteiger partial charge is 0.347 e. The molecule has 2 aliphatic heterocycles. The number of nitrogens with zero attached hydrogens (tertiary/aromatic N) is 6. The summed E-state index contributed by atoms with van der Waals surface area (Å²) in [6.07, 6.45) is 5.67. The van der Waals surface area contributed by atoms with Crippen molar-refractivity contribution >= 4 is 47.4 Å². The zero-order valence-corrected chi connectivity index (χ0v) is 17.5. The van der Waals surface area contributed by atoms with Crippen LogP contribution in [-0.4, -0.2) is 83.7 Å². The third-order valence-corrected chi connectivity index (χ3v) is 4.59. The fraction of sp³-hybridized carbons (Fsp3) is 0.625. The first-order chi connectivity index (χ1) is 12.1. The number of piperazine rings is 1. The number of carbonyl (C=O) groups is 2. The lowest BCUT2D eigenvalue weighted by Crippen LogP contribution is -2.56. The Bertz CT molecular complexity index is 669. The molecule has 2 amide bonds. The van der Waals surface area contributed by atoms with E-state index >= 15 is 0 Å². The molecule has 0 aromatic carbocycles. The van der Waals surface area contributed by atoms with Crippen molar-refractivity contribution in [3.8, 4) is 0 Å². The van der Waals surface area contributed by atoms with Crippen LogP contribution in [0.5, 0.6) is 0 Å². The Kier molecular flexibility index (Phi) is 7.23. The molecule has 0 aliphatic carbocycles. The monoisotopic (exact) mass is 475 g/mol. The number of carbonyl (C=O) groups excluding carboxylic acids is 2. The van der Waals surface area contributed by atoms with Crippen LogP contribution in [0, 0.1) is 0 Å². The molecule has 0 bridgehead atoms. The van der Waals surface area contributed by atoms with Gasteiger partial charge in [0.25, 0.3) is 0 Å². The van der Waals surface area contributed by atoms with E-state index in [1.54, 1.807) is 22.8 Å². The molecule has 0 radical (unpaired) electrons. The molecule has 1 aromatic rings. The standard InChI is InChI=1S/C16H25N7O2.HI/c1-17-16(18-10-14(24)21-5-3-4-6-21)22-7-8-23(15(25)12-22)13-9-19-20(2)11-13;/h9,11H,3-8,10,12H2,1-2H3,(H,17,18);1H. The zero-order chi connectivity index (χ0) is 17.8. The topological polar surface area (TPSA) is 86.1 Å². The molecule has 2 saturated heterocycles. The van der Waals surface area contributed by atoms with Crippen LogP contribution in [0.2, 0.25) is 0 Å². The Hall–Kier alpha value is -1.85. The molecule has 3 rings (SSSR count). The van der Waals surface area contributed by atoms with E-state index in [-0.39, 0.29) is 48.9 Å². The van der Waals surface area contributed by atoms with Gasteiger partial charge in [-0.1, -0.05) is 0 Å². The first kappa shape index (κ1) is 20.5. The summed E-state index contributed by atoms with van der Waals surface area (Å²) in [5.74, 6) is 0.666. The number of aryl methyl sites for hydroxylation is 1. The third kappa shape index (κ3) is 4.65. The van der Waals surface area contributed by atoms with Crippen LogP contribution in [0.4, 0.5) is 5.69 Å². The number of aromatic nitrogens is 2. The highest BCUT2D eigenvalue weighted by atomic mass is 127. The van der Waals surface area contributed by atoms with Crippen molar-refractivity contribution in [2.75, 3.05) is 51.2 Å². The second kappa shape index (κ2) is 9.19. The molecule has 144 valence electrons. The van der Waals surface area contributed by atoms with Gasteiger partial charge in [0.05, 0.1) is 18.4 Å². The van der Waals surface area contributed by atoms with E-state index < -0.39 is 0 Å². The van der Waals surface area contributed by atoms with Gasteiger partial charge in [-0.25, -0.2) is 0 Å². The maximum Gasteiger partial charge on any atom is 0.246 e. The Morgan fingerprint density at radius 1 is 1.23 bits per heavy atom. The van der Waals surface area contributed by atoms with E-state index in [0.29, 0.717) is 19.0 Å². The van der Waals surface area contributed by atoms with Gasteiger partial charge in [0.15, 0.2) is 5.96 Å². The second-order valence-corrected chi connectivity index (χ2v) is 6.33. The fourth-order valence-electron chi connectivity index (χ4n) is 3.24. The number of guanidine groups is 1. The summed E-state index contributed by atoms with van der Waals surface area (Å²) < 4.78 is 1.68. The summed E-state index contributed by atoms with van der Waals surface area (Å²) in [6.45, 7) is 3.32. The van der Waals surface area contributed by atoms with E-state index in [1.807, 2.05) is 23.0 Å². The molecule has 3 heterocycles. The highest BCUT2D eigenvalue weighted by molar-refractivity contribution is 14.0. The van der Waals surface area contributed by atoms with Crippen molar-refractivity contribution in [2.24, 2.45) is 12.0 Å². The fourth-order valence-corrected chi connectivity index (χ4v) is 3.24. The molecule has 0 unspecified atom stereocenters. The molecule has 1 aromatic heterocycles. The lowest BCUT2D eigenvalue weighted by Gasteiger charge is -2.35. The normalized spacial score (nSPS) is 18.2. The first-order valence-electron chi connectivity index (χ1n) is 8.61. The van der Waals surface area contributed by atoms with Gasteiger partial charge in [-0.15, -0.1) is 24.0 Å². The number of nitrogens with one attached hydrogen (secondary N) is 1. The summed E-state index contributed by atoms with van der Waals surface area (Å²) in [5, 5.41) is 7.21. The van der Waals surface area contributed by atoms with Gasteiger partial charge in [-0.3, -0.25) is 19.3 Å². The maximum atomic E-state index is 12.5. The number of aliphatic imine (C=N–C) groups is 1. The van der Waals surface area contributed by atoms with Gasteiger partial charge in [0.1, 0.15) is 6.54 Å². The maximum absolute atomic E-state index is 12.5. The van der Waals surface area contributed by atoms with E-state index in [0.717, 1.165) is 31.6 Å². The Balaban J connectivity index is 0.00000243. The molecular formula is C16H26IN7O2. The molecular weight excluding hydrogens is 449 g/mol. The molecule has 2 aliphatic rings. The number of halogens is 1. The number of hydrogen-bond acceptors (Lipinski definition) is 4. The number of hydrogen-bond donors (Lipinski definition) is 1. The van der Waals surface area contributed by atoms with Crippen LogP contribution in [0.15, 0.2) is 17.4 Å². The van der Waals surface area contributed by atoms with Gasteiger partial charge in [-0.05, 0) is 12.8 Å². The van der Waals surface area contributed by atoms with Crippen LogP contribution in [0.1, 0.15) is 12.8 Å². The van der Waals surface area contributed by atoms with Crippen molar-refractivity contribution in [1.29, 1.82) is 0 Å². The van der Waals surface area contributed by atoms with E-state index in [9.17, 15) is 9.59 Å². The lowest BCUT2D eigenvalue weighted by atomic mass is 10.3. The number of likely N-dealkylation sites (tertiary alicyclic amines) is 1. The lowest BCUT2D eigenvalue weighted by molar-refractivity contribution is -0.128. The summed E-state index contributed by atoms with van der Waals surface area (Å²) in [4.78, 5) is 34.3. The van der Waals surface area contributed by atoms with Crippen LogP contribution in [0.3, 0.4) is 0 Å². The third-order valence-electron chi connectivity index (χ3n) is 4.59. The van der Waals surface area contributed by atoms with E-state index in [4.69, 9.17) is 0 Å². The molecule has 9 nitrogen and oxygen atoms in total. The van der Waals surface area contributed by atoms with Crippen LogP contribution in [0.25, 0.3) is 0 Å². The average molecular weight is 475 g/mol. The summed E-state index contributed by atoms with van der Waals surface area (Å²) >= 11 is 0. The van der Waals surface area contributed by atoms with Gasteiger partial charge in [0.2, 0.25) is 11.8 Å². The van der Waals surface area contributed by atoms with E-state index in [2.05, 4.69) is 15.4 Å². The molecule has 10 heteroatoms. The van der Waals surface area contributed by atoms with Gasteiger partial charge < -0.3 is 20.0 Å². The highest BCUT2D eigenvalue weighted by Gasteiger charge is 2.28. The molecule has 0 spiro atoms. The average Bonchev–Trinajstić information content (AvgIpc) is 3.27. The predicted octanol–water partition coefficient (Wildman–Crippen LogP) is -0.115. The highest BCUT2D eigenvalue weighted by Crippen LogP contribution is 2.16. The van der Waals surface area contributed by atoms with Gasteiger partial charge in [0, 0.05) is 46.5 Å². The zero-order valence-electron chi connectivity index (χ0n) is 15.2. The molecule has 26 heavy (non-hydrogen) atoms. The Morgan fingerprint density at radius 2 is 1.96 bits per heavy atom. The van der Waals surface area contributed by atoms with Crippen molar-refractivity contribution in [1.82, 2.24) is 24.9 Å². The minimum atomic E-state index is -0.00642. The van der Waals surface area contributed by atoms with Gasteiger partial charge in [-0.2, -0.15) is 5.10 Å². The van der Waals surface area contributed by atoms with E-state index in [1.165, 1.54) is 0 Å². The summed E-state index contributed by atoms with van der Waals surface area (Å²) in [5.41, 5.74) is 0.805. The first-order valence-corrected chi connectivity index (χ1v) is 8.61. The van der Waals surface area contributed by atoms with Crippen LogP contribution in [-0.2, 0) is 16.6 Å². The number of anilines is 1. The SMILES string of the molecule is CN=C(NCC(=O)N1CCCC1)N1CCN(c2cnn(C)c2)C(=O)C1.I. The molecule has 0 saturated carbocycles. The predicted molar refractivity (Wildman–Crippen MR) is 110 cm³/mol. The number of amides is 2. The summed E-state index contributed by atoms with van der Waals surface area (Å²) in [7, 11) is 3.49. The molecule has 2 fully saturated rings. The Morgan fingerprint density at radius 3 is 2.54 bits per heavy atom. The summed E-state index contributed by atoms with van der Waals surface area (Å²) in [6, 6.07) is 0. The number of rotatable bonds is 3.